The van der Waals surface area contributed by atoms with E-state index in [-0.39, 0.29) is 5.92 Å². The number of carbonyl (C=O) groups is 1. The van der Waals surface area contributed by atoms with Crippen LogP contribution in [-0.2, 0) is 6.42 Å². The van der Waals surface area contributed by atoms with Crippen LogP contribution in [0.1, 0.15) is 77.2 Å². The lowest BCUT2D eigenvalue weighted by molar-refractivity contribution is 0.0215. The van der Waals surface area contributed by atoms with Crippen molar-refractivity contribution in [3.8, 4) is 0 Å². The van der Waals surface area contributed by atoms with Gasteiger partial charge in [-0.15, -0.1) is 11.3 Å². The third-order valence-corrected chi connectivity index (χ3v) is 11.6. The Hall–Kier alpha value is -3.11. The average Bonchev–Trinajstić information content (AvgIpc) is 3.48. The quantitative estimate of drug-likeness (QED) is 0.177. The topological polar surface area (TPSA) is 111 Å². The molecule has 2 fully saturated rings. The van der Waals surface area contributed by atoms with E-state index in [4.69, 9.17) is 10.7 Å². The highest BCUT2D eigenvalue weighted by atomic mass is 32.2. The van der Waals surface area contributed by atoms with E-state index >= 15 is 0 Å². The van der Waals surface area contributed by atoms with Gasteiger partial charge in [0, 0.05) is 36.2 Å². The van der Waals surface area contributed by atoms with Gasteiger partial charge in [0.05, 0.1) is 28.5 Å². The van der Waals surface area contributed by atoms with E-state index in [1.807, 2.05) is 30.0 Å². The number of aliphatic imine (C=N–C) groups is 1. The summed E-state index contributed by atoms with van der Waals surface area (Å²) in [6.07, 6.45) is 6.06. The van der Waals surface area contributed by atoms with Gasteiger partial charge in [0.2, 0.25) is 0 Å². The molecule has 7 nitrogen and oxygen atoms in total. The summed E-state index contributed by atoms with van der Waals surface area (Å²) in [6, 6.07) is 16.3. The first kappa shape index (κ1) is 31.9. The molecule has 2 unspecified atom stereocenters. The van der Waals surface area contributed by atoms with Crippen LogP contribution in [0.5, 0.6) is 0 Å². The number of rotatable bonds is 9. The van der Waals surface area contributed by atoms with E-state index in [1.54, 1.807) is 6.07 Å². The highest BCUT2D eigenvalue weighted by Gasteiger charge is 2.28. The minimum absolute atomic E-state index is 0.257. The lowest BCUT2D eigenvalue weighted by atomic mass is 9.79. The van der Waals surface area contributed by atoms with Gasteiger partial charge in [0.15, 0.2) is 0 Å². The highest BCUT2D eigenvalue weighted by Crippen LogP contribution is 2.46. The van der Waals surface area contributed by atoms with Gasteiger partial charge in [-0.3, -0.25) is 9.89 Å². The number of nitrogens with zero attached hydrogens (tertiary/aromatic N) is 2. The number of anilines is 2. The van der Waals surface area contributed by atoms with E-state index < -0.39 is 12.2 Å². The Labute approximate surface area is 274 Å². The molecule has 0 amide bonds. The van der Waals surface area contributed by atoms with E-state index in [2.05, 4.69) is 48.3 Å². The zero-order valence-electron chi connectivity index (χ0n) is 26.2. The molecule has 3 aliphatic rings. The summed E-state index contributed by atoms with van der Waals surface area (Å²) in [4.78, 5) is 20.7. The maximum absolute atomic E-state index is 12.2. The van der Waals surface area contributed by atoms with Gasteiger partial charge in [-0.25, -0.2) is 4.79 Å². The molecule has 1 aliphatic carbocycles. The molecule has 2 aliphatic heterocycles. The number of nitrogens with one attached hydrogen (secondary N) is 1. The van der Waals surface area contributed by atoms with E-state index in [0.717, 1.165) is 82.6 Å². The van der Waals surface area contributed by atoms with Crippen LogP contribution in [0.15, 0.2) is 53.5 Å². The van der Waals surface area contributed by atoms with Crippen LogP contribution in [0.3, 0.4) is 0 Å². The number of aromatic carboxylic acids is 1. The molecule has 2 atom stereocenters. The first-order valence-corrected chi connectivity index (χ1v) is 18.2. The molecular weight excluding hydrogens is 601 g/mol. The number of carboxylic acid groups (broad SMARTS) is 1. The van der Waals surface area contributed by atoms with Gasteiger partial charge in [0.1, 0.15) is 11.1 Å². The van der Waals surface area contributed by atoms with Crippen LogP contribution in [-0.4, -0.2) is 64.2 Å². The Bertz CT molecular complexity index is 1600. The molecule has 3 aromatic rings. The molecule has 0 bridgehead atoms. The van der Waals surface area contributed by atoms with Gasteiger partial charge in [-0.05, 0) is 90.3 Å². The SMILES string of the molecule is C/C(=C(\c1sc(C(=O)O)cc1NCC(O)N1CCSCC1)C1CCCCC1)c1ccc2c(c1)CC(C)C(c1cccc(N)c1)=N2. The van der Waals surface area contributed by atoms with Crippen LogP contribution in [0.4, 0.5) is 17.1 Å². The number of carboxylic acids is 1. The molecule has 6 rings (SSSR count). The predicted molar refractivity (Wildman–Crippen MR) is 190 cm³/mol. The standard InChI is InChI=1S/C36H44N4O3S2/c1-22-17-27-18-25(11-12-29(27)39-34(22)26-9-6-10-28(37)19-26)23(2)33(24-7-4-3-5-8-24)35-30(20-31(45-35)36(42)43)38-21-32(41)40-13-15-44-16-14-40/h6,9-12,18-20,22,24,32,38,41H,3-5,7-8,13-17,21,37H2,1-2H3,(H,42,43)/b33-23+. The summed E-state index contributed by atoms with van der Waals surface area (Å²) in [5.74, 6) is 1.73. The van der Waals surface area contributed by atoms with Crippen LogP contribution in [0.25, 0.3) is 11.1 Å². The molecule has 1 aromatic heterocycles. The summed E-state index contributed by atoms with van der Waals surface area (Å²) in [7, 11) is 0. The number of thiophene rings is 1. The molecule has 1 saturated heterocycles. The zero-order chi connectivity index (χ0) is 31.5. The fourth-order valence-electron chi connectivity index (χ4n) is 7.05. The molecule has 5 N–H and O–H groups in total. The fourth-order valence-corrected chi connectivity index (χ4v) is 9.13. The summed E-state index contributed by atoms with van der Waals surface area (Å²) < 4.78 is 0. The highest BCUT2D eigenvalue weighted by molar-refractivity contribution is 7.99. The second-order valence-electron chi connectivity index (χ2n) is 12.6. The molecule has 0 radical (unpaired) electrons. The minimum atomic E-state index is -0.917. The van der Waals surface area contributed by atoms with Gasteiger partial charge >= 0.3 is 5.97 Å². The second kappa shape index (κ2) is 14.1. The number of nitrogen functional groups attached to an aromatic ring is 1. The number of fused-ring (bicyclic) bond motifs is 1. The molecule has 238 valence electrons. The van der Waals surface area contributed by atoms with E-state index in [9.17, 15) is 15.0 Å². The normalized spacial score (nSPS) is 20.6. The molecule has 0 spiro atoms. The van der Waals surface area contributed by atoms with Crippen molar-refractivity contribution in [2.24, 2.45) is 16.8 Å². The number of aliphatic hydroxyl groups excluding tert-OH is 1. The lowest BCUT2D eigenvalue weighted by Crippen LogP contribution is -2.44. The van der Waals surface area contributed by atoms with Crippen molar-refractivity contribution in [1.82, 2.24) is 4.90 Å². The molecule has 2 aromatic carbocycles. The van der Waals surface area contributed by atoms with Crippen LogP contribution >= 0.6 is 23.1 Å². The Morgan fingerprint density at radius 2 is 1.89 bits per heavy atom. The minimum Gasteiger partial charge on any atom is -0.477 e. The van der Waals surface area contributed by atoms with Crippen LogP contribution in [0.2, 0.25) is 0 Å². The van der Waals surface area contributed by atoms with Crippen molar-refractivity contribution >= 4 is 63.0 Å². The fraction of sp³-hybridized carbons (Fsp3) is 0.444. The Morgan fingerprint density at radius 3 is 2.62 bits per heavy atom. The van der Waals surface area contributed by atoms with Gasteiger partial charge in [0.25, 0.3) is 0 Å². The molecule has 9 heteroatoms. The Morgan fingerprint density at radius 1 is 1.11 bits per heavy atom. The van der Waals surface area contributed by atoms with Crippen molar-refractivity contribution in [3.05, 3.63) is 75.0 Å². The maximum Gasteiger partial charge on any atom is 0.345 e. The number of nitrogens with two attached hydrogens (primary N) is 1. The molecule has 45 heavy (non-hydrogen) atoms. The predicted octanol–water partition coefficient (Wildman–Crippen LogP) is 7.63. The van der Waals surface area contributed by atoms with Crippen molar-refractivity contribution in [3.63, 3.8) is 0 Å². The van der Waals surface area contributed by atoms with Crippen molar-refractivity contribution in [1.29, 1.82) is 0 Å². The van der Waals surface area contributed by atoms with E-state index in [0.29, 0.717) is 17.3 Å². The number of hydrogen-bond acceptors (Lipinski definition) is 8. The lowest BCUT2D eigenvalue weighted by Gasteiger charge is -2.31. The van der Waals surface area contributed by atoms with E-state index in [1.165, 1.54) is 47.3 Å². The monoisotopic (exact) mass is 644 g/mol. The average molecular weight is 645 g/mol. The maximum atomic E-state index is 12.2. The molecule has 1 saturated carbocycles. The Kier molecular flexibility index (Phi) is 9.99. The third-order valence-electron chi connectivity index (χ3n) is 9.48. The number of hydrogen-bond donors (Lipinski definition) is 4. The number of thioether (sulfide) groups is 1. The summed E-state index contributed by atoms with van der Waals surface area (Å²) in [5, 5.41) is 24.5. The second-order valence-corrected chi connectivity index (χ2v) is 14.9. The third kappa shape index (κ3) is 7.17. The number of benzene rings is 2. The van der Waals surface area contributed by atoms with Gasteiger partial charge in [-0.1, -0.05) is 44.4 Å². The van der Waals surface area contributed by atoms with Crippen molar-refractivity contribution in [2.45, 2.75) is 58.6 Å². The van der Waals surface area contributed by atoms with Crippen LogP contribution in [0, 0.1) is 11.8 Å². The smallest absolute Gasteiger partial charge is 0.345 e. The van der Waals surface area contributed by atoms with Crippen LogP contribution < -0.4 is 11.1 Å². The number of aliphatic hydroxyl groups is 1. The van der Waals surface area contributed by atoms with Gasteiger partial charge < -0.3 is 21.3 Å². The zero-order valence-corrected chi connectivity index (χ0v) is 27.9. The Balaban J connectivity index is 1.37. The van der Waals surface area contributed by atoms with Crippen molar-refractivity contribution < 1.29 is 15.0 Å². The first-order chi connectivity index (χ1) is 21.8. The summed E-state index contributed by atoms with van der Waals surface area (Å²) >= 11 is 3.27. The number of allylic oxidation sites excluding steroid dienone is 2. The summed E-state index contributed by atoms with van der Waals surface area (Å²) in [5.41, 5.74) is 15.6. The molecule has 3 heterocycles. The molecular formula is C36H44N4O3S2. The summed E-state index contributed by atoms with van der Waals surface area (Å²) in [6.45, 7) is 6.50. The largest absolute Gasteiger partial charge is 0.477 e. The van der Waals surface area contributed by atoms with Crippen molar-refractivity contribution in [2.75, 3.05) is 42.2 Å². The van der Waals surface area contributed by atoms with Gasteiger partial charge in [-0.2, -0.15) is 11.8 Å². The first-order valence-electron chi connectivity index (χ1n) is 16.2.